The first-order chi connectivity index (χ1) is 2.00. The van der Waals surface area contributed by atoms with Crippen LogP contribution in [0.1, 0.15) is 0 Å². The Kier molecular flexibility index (Phi) is 10.2. The van der Waals surface area contributed by atoms with Crippen molar-refractivity contribution in [1.82, 2.24) is 0 Å². The van der Waals surface area contributed by atoms with E-state index in [9.17, 15) is 0 Å². The van der Waals surface area contributed by atoms with Gasteiger partial charge in [0, 0.05) is 0 Å². The summed E-state index contributed by atoms with van der Waals surface area (Å²) in [5, 5.41) is 0. The molecule has 0 unspecified atom stereocenters. The molecule has 0 heterocycles. The van der Waals surface area contributed by atoms with Crippen molar-refractivity contribution in [2.24, 2.45) is 0 Å². The molecule has 0 rings (SSSR count). The van der Waals surface area contributed by atoms with Crippen LogP contribution in [0.4, 0.5) is 0 Å². The zero-order valence-electron chi connectivity index (χ0n) is 2.62. The first kappa shape index (κ1) is 15.7. The summed E-state index contributed by atoms with van der Waals surface area (Å²) in [5.41, 5.74) is 0. The molecule has 0 saturated carbocycles. The zero-order chi connectivity index (χ0) is 4.50. The number of rotatable bonds is 0. The molecule has 0 saturated heterocycles. The van der Waals surface area contributed by atoms with Crippen molar-refractivity contribution < 1.29 is 23.0 Å². The predicted octanol–water partition coefficient (Wildman–Crippen LogP) is -2.13. The maximum absolute atomic E-state index is 8.74. The van der Waals surface area contributed by atoms with E-state index in [1.807, 2.05) is 0 Å². The molecular weight excluding hydrogens is 119 g/mol. The van der Waals surface area contributed by atoms with Gasteiger partial charge in [0.1, 0.15) is 0 Å². The molecular formula is H5LiO5S. The van der Waals surface area contributed by atoms with Crippen LogP contribution in [0.15, 0.2) is 0 Å². The van der Waals surface area contributed by atoms with Crippen molar-refractivity contribution in [2.75, 3.05) is 0 Å². The first-order valence-electron chi connectivity index (χ1n) is 0.698. The molecule has 7 heteroatoms. The van der Waals surface area contributed by atoms with Crippen LogP contribution >= 0.6 is 0 Å². The normalized spacial score (nSPS) is 8.29. The van der Waals surface area contributed by atoms with E-state index in [0.717, 1.165) is 0 Å². The van der Waals surface area contributed by atoms with Gasteiger partial charge in [-0.3, -0.25) is 9.11 Å². The van der Waals surface area contributed by atoms with Gasteiger partial charge < -0.3 is 5.48 Å². The summed E-state index contributed by atoms with van der Waals surface area (Å²) in [4.78, 5) is 0. The molecule has 0 bridgehead atoms. The fourth-order valence-electron chi connectivity index (χ4n) is 0. The van der Waals surface area contributed by atoms with Gasteiger partial charge in [0.2, 0.25) is 0 Å². The Bertz CT molecular complexity index is 91.2. The third-order valence-electron chi connectivity index (χ3n) is 0. The molecule has 4 N–H and O–H groups in total. The Morgan fingerprint density at radius 3 is 1.14 bits per heavy atom. The standard InChI is InChI=1S/Li.H2O4S.H2O.H/c;1-5(2,3)4;;/h;(H2,1,2,3,4);1H2;. The van der Waals surface area contributed by atoms with E-state index in [4.69, 9.17) is 17.5 Å². The average Bonchev–Trinajstić information content (AvgIpc) is 0.722. The molecule has 0 radical (unpaired) electrons. The van der Waals surface area contributed by atoms with E-state index in [1.54, 1.807) is 0 Å². The van der Waals surface area contributed by atoms with Crippen LogP contribution in [0.5, 0.6) is 0 Å². The first-order valence-corrected chi connectivity index (χ1v) is 2.10. The van der Waals surface area contributed by atoms with Gasteiger partial charge >= 0.3 is 29.3 Å². The summed E-state index contributed by atoms with van der Waals surface area (Å²) < 4.78 is 31.6. The zero-order valence-corrected chi connectivity index (χ0v) is 3.44. The quantitative estimate of drug-likeness (QED) is 0.284. The van der Waals surface area contributed by atoms with Crippen molar-refractivity contribution in [3.63, 3.8) is 0 Å². The van der Waals surface area contributed by atoms with Gasteiger partial charge in [-0.05, 0) is 0 Å². The van der Waals surface area contributed by atoms with Gasteiger partial charge in [-0.1, -0.05) is 0 Å². The van der Waals surface area contributed by atoms with Crippen molar-refractivity contribution in [3.8, 4) is 0 Å². The second kappa shape index (κ2) is 4.58. The minimum absolute atomic E-state index is 0. The molecule has 42 valence electrons. The fourth-order valence-corrected chi connectivity index (χ4v) is 0. The summed E-state index contributed by atoms with van der Waals surface area (Å²) in [6.45, 7) is 0. The summed E-state index contributed by atoms with van der Waals surface area (Å²) >= 11 is 0. The number of hydrogen-bond donors (Lipinski definition) is 2. The Balaban J connectivity index is -0.0000000800. The van der Waals surface area contributed by atoms with Gasteiger partial charge in [-0.25, -0.2) is 0 Å². The van der Waals surface area contributed by atoms with Gasteiger partial charge in [0.05, 0.1) is 0 Å². The molecule has 0 aromatic carbocycles. The summed E-state index contributed by atoms with van der Waals surface area (Å²) in [7, 11) is -4.67. The molecule has 7 heavy (non-hydrogen) atoms. The summed E-state index contributed by atoms with van der Waals surface area (Å²) in [6, 6.07) is 0. The van der Waals surface area contributed by atoms with E-state index in [0.29, 0.717) is 0 Å². The van der Waals surface area contributed by atoms with Crippen LogP contribution < -0.4 is 0 Å². The molecule has 0 atom stereocenters. The van der Waals surface area contributed by atoms with Gasteiger partial charge in [-0.15, -0.1) is 0 Å². The average molecular weight is 124 g/mol. The Labute approximate surface area is 52.8 Å². The van der Waals surface area contributed by atoms with E-state index in [2.05, 4.69) is 0 Å². The van der Waals surface area contributed by atoms with Gasteiger partial charge in [0.15, 0.2) is 0 Å². The molecule has 5 nitrogen and oxygen atoms in total. The van der Waals surface area contributed by atoms with E-state index in [1.165, 1.54) is 0 Å². The van der Waals surface area contributed by atoms with Crippen LogP contribution in [-0.2, 0) is 10.4 Å². The Morgan fingerprint density at radius 2 is 1.14 bits per heavy atom. The third-order valence-corrected chi connectivity index (χ3v) is 0. The SMILES string of the molecule is O.O=S(=O)(O)O.[LiH]. The van der Waals surface area contributed by atoms with E-state index >= 15 is 0 Å². The minimum atomic E-state index is -4.67. The second-order valence-corrected chi connectivity index (χ2v) is 1.34. The van der Waals surface area contributed by atoms with Crippen molar-refractivity contribution in [2.45, 2.75) is 0 Å². The predicted molar refractivity (Wildman–Crippen MR) is 24.9 cm³/mol. The van der Waals surface area contributed by atoms with Crippen molar-refractivity contribution in [1.29, 1.82) is 0 Å². The monoisotopic (exact) mass is 124 g/mol. The van der Waals surface area contributed by atoms with Crippen molar-refractivity contribution >= 4 is 29.3 Å². The molecule has 0 aromatic heterocycles. The Morgan fingerprint density at radius 1 is 1.14 bits per heavy atom. The molecule has 0 fully saturated rings. The molecule has 0 aromatic rings. The topological polar surface area (TPSA) is 106 Å². The molecule has 0 spiro atoms. The van der Waals surface area contributed by atoms with Gasteiger partial charge in [0.25, 0.3) is 0 Å². The summed E-state index contributed by atoms with van der Waals surface area (Å²) in [6.07, 6.45) is 0. The van der Waals surface area contributed by atoms with Crippen LogP contribution in [0.3, 0.4) is 0 Å². The van der Waals surface area contributed by atoms with Crippen molar-refractivity contribution in [3.05, 3.63) is 0 Å². The van der Waals surface area contributed by atoms with E-state index in [-0.39, 0.29) is 24.3 Å². The Hall–Kier alpha value is 0.427. The van der Waals surface area contributed by atoms with Crippen LogP contribution in [-0.4, -0.2) is 41.9 Å². The van der Waals surface area contributed by atoms with Crippen LogP contribution in [0.2, 0.25) is 0 Å². The van der Waals surface area contributed by atoms with Gasteiger partial charge in [-0.2, -0.15) is 8.42 Å². The van der Waals surface area contributed by atoms with E-state index < -0.39 is 10.4 Å². The maximum atomic E-state index is 8.74. The molecule has 0 aliphatic rings. The van der Waals surface area contributed by atoms with Crippen LogP contribution in [0, 0.1) is 0 Å². The number of hydrogen-bond acceptors (Lipinski definition) is 2. The molecule has 0 aliphatic carbocycles. The second-order valence-electron chi connectivity index (χ2n) is 0.448. The fraction of sp³-hybridized carbons (Fsp3) is 0. The summed E-state index contributed by atoms with van der Waals surface area (Å²) in [5.74, 6) is 0. The molecule has 0 amide bonds. The molecule has 0 aliphatic heterocycles. The third kappa shape index (κ3) is 690. The van der Waals surface area contributed by atoms with Crippen LogP contribution in [0.25, 0.3) is 0 Å².